The van der Waals surface area contributed by atoms with Gasteiger partial charge in [0, 0.05) is 12.8 Å². The minimum atomic E-state index is -1.53. The van der Waals surface area contributed by atoms with Crippen LogP contribution in [-0.4, -0.2) is 87.4 Å². The maximum atomic E-state index is 13.0. The van der Waals surface area contributed by atoms with Gasteiger partial charge in [-0.3, -0.25) is 9.59 Å². The summed E-state index contributed by atoms with van der Waals surface area (Å²) >= 11 is 0. The van der Waals surface area contributed by atoms with E-state index in [9.17, 15) is 19.5 Å². The molecule has 0 aliphatic carbocycles. The Morgan fingerprint density at radius 3 is 0.890 bits per heavy atom. The number of likely N-dealkylation sites (N-methyl/N-ethyl adjacent to an activating group) is 1. The van der Waals surface area contributed by atoms with Crippen LogP contribution in [0.15, 0.2) is 170 Å². The first-order chi connectivity index (χ1) is 44.6. The first kappa shape index (κ1) is 85.7. The fourth-order valence-corrected chi connectivity index (χ4v) is 9.50. The lowest BCUT2D eigenvalue weighted by Crippen LogP contribution is -2.40. The number of ether oxygens (including phenoxy) is 4. The molecule has 0 heterocycles. The molecule has 0 saturated heterocycles. The number of aliphatic carboxylic acids is 1. The number of allylic oxidation sites excluding steroid dienone is 28. The number of esters is 2. The Morgan fingerprint density at radius 2 is 0.593 bits per heavy atom. The molecule has 0 aromatic rings. The summed E-state index contributed by atoms with van der Waals surface area (Å²) < 4.78 is 22.9. The standard InChI is InChI=1S/C82H133NO8/c1-6-8-10-12-14-16-18-20-22-24-26-28-30-32-33-34-35-36-37-38-39-40-41-42-43-44-45-46-47-49-51-53-55-57-59-61-63-65-67-69-71-73-80(85)91-78(77-90-82(81(86)87)88-75-74-83(3,4)5)76-89-79(84)72-70-68-66-64-62-60-58-56-54-52-50-48-31-29-27-25-23-21-19-17-15-13-11-9-7-2/h8-11,14-17,20-23,26-29,32-33,35-36,38-39,48,50,54,56,60,62,78,82H,6-7,12-13,18-19,24-25,30-31,34,37,40-47,49,51-53,55,57-59,61,63-77H2,1-5H3/p+1/b10-8-,11-9-,16-14-,17-15-,22-20-,23-21-,28-26-,29-27-,33-32-,36-35-,39-38-,50-48-,56-54-,62-60-. The molecular weight excluding hydrogens is 1130 g/mol. The predicted octanol–water partition coefficient (Wildman–Crippen LogP) is 23.0. The van der Waals surface area contributed by atoms with Gasteiger partial charge >= 0.3 is 17.9 Å². The highest BCUT2D eigenvalue weighted by molar-refractivity contribution is 5.71. The van der Waals surface area contributed by atoms with E-state index in [2.05, 4.69) is 184 Å². The van der Waals surface area contributed by atoms with Crippen LogP contribution in [0.5, 0.6) is 0 Å². The number of hydrogen-bond acceptors (Lipinski definition) is 7. The summed E-state index contributed by atoms with van der Waals surface area (Å²) in [6, 6.07) is 0. The molecule has 0 aliphatic heterocycles. The zero-order valence-electron chi connectivity index (χ0n) is 58.7. The molecule has 0 aliphatic rings. The Balaban J connectivity index is 4.12. The number of carbonyl (C=O) groups excluding carboxylic acids is 2. The number of quaternary nitrogens is 1. The van der Waals surface area contributed by atoms with Crippen molar-refractivity contribution in [2.45, 2.75) is 283 Å². The normalized spacial score (nSPS) is 13.7. The van der Waals surface area contributed by atoms with Crippen LogP contribution >= 0.6 is 0 Å². The topological polar surface area (TPSA) is 108 Å². The Labute approximate surface area is 558 Å². The van der Waals surface area contributed by atoms with E-state index in [4.69, 9.17) is 18.9 Å². The molecule has 0 radical (unpaired) electrons. The van der Waals surface area contributed by atoms with Gasteiger partial charge in [-0.15, -0.1) is 0 Å². The monoisotopic (exact) mass is 1260 g/mol. The van der Waals surface area contributed by atoms with Gasteiger partial charge in [0.15, 0.2) is 6.10 Å². The summed E-state index contributed by atoms with van der Waals surface area (Å²) in [6.45, 7) is 4.61. The minimum Gasteiger partial charge on any atom is -0.477 e. The zero-order chi connectivity index (χ0) is 66.1. The van der Waals surface area contributed by atoms with Gasteiger partial charge in [0.25, 0.3) is 6.29 Å². The number of unbranched alkanes of at least 4 members (excludes halogenated alkanes) is 22. The molecule has 0 aromatic heterocycles. The van der Waals surface area contributed by atoms with E-state index in [0.29, 0.717) is 23.9 Å². The fourth-order valence-electron chi connectivity index (χ4n) is 9.50. The van der Waals surface area contributed by atoms with Gasteiger partial charge < -0.3 is 28.5 Å². The van der Waals surface area contributed by atoms with Crippen molar-refractivity contribution in [2.75, 3.05) is 47.5 Å². The van der Waals surface area contributed by atoms with Crippen molar-refractivity contribution < 1.29 is 42.9 Å². The number of carboxylic acid groups (broad SMARTS) is 1. The van der Waals surface area contributed by atoms with Crippen molar-refractivity contribution in [1.82, 2.24) is 0 Å². The quantitative estimate of drug-likeness (QED) is 0.0211. The Kier molecular flexibility index (Phi) is 66.4. The molecule has 1 N–H and O–H groups in total. The second-order valence-corrected chi connectivity index (χ2v) is 24.8. The van der Waals surface area contributed by atoms with Gasteiger partial charge in [0.05, 0.1) is 34.4 Å². The van der Waals surface area contributed by atoms with Crippen molar-refractivity contribution >= 4 is 17.9 Å². The van der Waals surface area contributed by atoms with Crippen molar-refractivity contribution in [3.63, 3.8) is 0 Å². The third kappa shape index (κ3) is 71.9. The summed E-state index contributed by atoms with van der Waals surface area (Å²) in [7, 11) is 5.96. The minimum absolute atomic E-state index is 0.175. The van der Waals surface area contributed by atoms with E-state index in [1.54, 1.807) is 0 Å². The summed E-state index contributed by atoms with van der Waals surface area (Å²) in [5.41, 5.74) is 0. The second kappa shape index (κ2) is 70.5. The van der Waals surface area contributed by atoms with Crippen LogP contribution in [0.4, 0.5) is 0 Å². The smallest absolute Gasteiger partial charge is 0.361 e. The molecule has 0 saturated carbocycles. The molecule has 2 unspecified atom stereocenters. The molecule has 9 nitrogen and oxygen atoms in total. The molecule has 0 amide bonds. The molecule has 0 spiro atoms. The first-order valence-corrected chi connectivity index (χ1v) is 36.3. The van der Waals surface area contributed by atoms with E-state index >= 15 is 0 Å². The summed E-state index contributed by atoms with van der Waals surface area (Å²) in [5, 5.41) is 9.75. The number of rotatable bonds is 65. The molecule has 514 valence electrons. The van der Waals surface area contributed by atoms with Crippen molar-refractivity contribution in [3.05, 3.63) is 170 Å². The van der Waals surface area contributed by atoms with E-state index in [1.165, 1.54) is 103 Å². The Bertz CT molecular complexity index is 2100. The van der Waals surface area contributed by atoms with Crippen molar-refractivity contribution in [3.8, 4) is 0 Å². The number of carbonyl (C=O) groups is 3. The number of nitrogens with zero attached hydrogens (tertiary/aromatic N) is 1. The number of hydrogen-bond donors (Lipinski definition) is 1. The van der Waals surface area contributed by atoms with Crippen LogP contribution in [0.1, 0.15) is 271 Å². The zero-order valence-corrected chi connectivity index (χ0v) is 58.7. The van der Waals surface area contributed by atoms with E-state index < -0.39 is 24.3 Å². The largest absolute Gasteiger partial charge is 0.477 e. The second-order valence-electron chi connectivity index (χ2n) is 24.8. The molecule has 0 rings (SSSR count). The molecule has 91 heavy (non-hydrogen) atoms. The van der Waals surface area contributed by atoms with Crippen LogP contribution < -0.4 is 0 Å². The van der Waals surface area contributed by atoms with Gasteiger partial charge in [0.2, 0.25) is 0 Å². The molecule has 0 aromatic carbocycles. The van der Waals surface area contributed by atoms with Gasteiger partial charge in [-0.1, -0.05) is 300 Å². The van der Waals surface area contributed by atoms with Gasteiger partial charge in [-0.2, -0.15) is 0 Å². The third-order valence-electron chi connectivity index (χ3n) is 15.0. The van der Waals surface area contributed by atoms with Crippen LogP contribution in [0, 0.1) is 0 Å². The number of carboxylic acids is 1. The van der Waals surface area contributed by atoms with E-state index in [0.717, 1.165) is 128 Å². The maximum Gasteiger partial charge on any atom is 0.361 e. The van der Waals surface area contributed by atoms with Crippen LogP contribution in [-0.2, 0) is 33.3 Å². The van der Waals surface area contributed by atoms with E-state index in [1.807, 2.05) is 21.1 Å². The average Bonchev–Trinajstić information content (AvgIpc) is 3.53. The highest BCUT2D eigenvalue weighted by Gasteiger charge is 2.25. The van der Waals surface area contributed by atoms with Crippen LogP contribution in [0.3, 0.4) is 0 Å². The van der Waals surface area contributed by atoms with Crippen molar-refractivity contribution in [1.29, 1.82) is 0 Å². The SMILES string of the molecule is CC/C=C\C/C=C\C/C=C\C/C=C\C/C=C\C/C=C\C/C=C\CCCCCCCCCCCCCCCCCCCCCC(=O)OC(COC(=O)CCCCC/C=C\C/C=C\C/C=C\C/C=C\C/C=C\C/C=C\C/C=C\CC)COC(OCC[N+](C)(C)C)C(=O)O. The highest BCUT2D eigenvalue weighted by Crippen LogP contribution is 2.17. The lowest BCUT2D eigenvalue weighted by atomic mass is 10.0. The molecule has 0 bridgehead atoms. The summed E-state index contributed by atoms with van der Waals surface area (Å²) in [4.78, 5) is 37.6. The average molecular weight is 1260 g/mol. The van der Waals surface area contributed by atoms with Crippen LogP contribution in [0.2, 0.25) is 0 Å². The lowest BCUT2D eigenvalue weighted by Gasteiger charge is -2.25. The maximum absolute atomic E-state index is 13.0. The van der Waals surface area contributed by atoms with Gasteiger partial charge in [0.1, 0.15) is 13.2 Å². The molecule has 0 fully saturated rings. The molecule has 2 atom stereocenters. The van der Waals surface area contributed by atoms with Gasteiger partial charge in [-0.25, -0.2) is 4.79 Å². The third-order valence-corrected chi connectivity index (χ3v) is 15.0. The van der Waals surface area contributed by atoms with Crippen LogP contribution in [0.25, 0.3) is 0 Å². The van der Waals surface area contributed by atoms with Crippen molar-refractivity contribution in [2.24, 2.45) is 0 Å². The summed E-state index contributed by atoms with van der Waals surface area (Å²) in [6.07, 6.45) is 103. The first-order valence-electron chi connectivity index (χ1n) is 36.3. The molecular formula is C82H134NO8+. The lowest BCUT2D eigenvalue weighted by molar-refractivity contribution is -0.870. The fraction of sp³-hybridized carbons (Fsp3) is 0.622. The molecule has 9 heteroatoms. The van der Waals surface area contributed by atoms with Gasteiger partial charge in [-0.05, 0) is 128 Å². The highest BCUT2D eigenvalue weighted by atomic mass is 16.7. The van der Waals surface area contributed by atoms with E-state index in [-0.39, 0.29) is 38.6 Å². The summed E-state index contributed by atoms with van der Waals surface area (Å²) in [5.74, 6) is -2.06. The Morgan fingerprint density at radius 1 is 0.330 bits per heavy atom. The predicted molar refractivity (Wildman–Crippen MR) is 391 cm³/mol. The Hall–Kier alpha value is -5.35.